The maximum Gasteiger partial charge on any atom is 0.136 e. The fourth-order valence-corrected chi connectivity index (χ4v) is 2.75. The molecule has 5 nitrogen and oxygen atoms in total. The molecule has 130 valence electrons. The van der Waals surface area contributed by atoms with E-state index in [0.29, 0.717) is 13.2 Å². The Labute approximate surface area is 151 Å². The van der Waals surface area contributed by atoms with Gasteiger partial charge in [-0.2, -0.15) is 0 Å². The molecule has 0 unspecified atom stereocenters. The first kappa shape index (κ1) is 18.7. The van der Waals surface area contributed by atoms with Gasteiger partial charge in [-0.05, 0) is 33.6 Å². The molecule has 1 aromatic carbocycles. The van der Waals surface area contributed by atoms with Crippen LogP contribution in [0.1, 0.15) is 37.9 Å². The lowest BCUT2D eigenvalue weighted by Gasteiger charge is -2.19. The summed E-state index contributed by atoms with van der Waals surface area (Å²) < 4.78 is 11.4. The fraction of sp³-hybridized carbons (Fsp3) is 0.444. The normalized spacial score (nSPS) is 11.4. The first-order valence-corrected chi connectivity index (χ1v) is 8.56. The Bertz CT molecular complexity index is 699. The van der Waals surface area contributed by atoms with Crippen LogP contribution in [0.2, 0.25) is 0 Å². The molecule has 1 N–H and O–H groups in total. The highest BCUT2D eigenvalue weighted by Gasteiger charge is 2.19. The van der Waals surface area contributed by atoms with E-state index in [1.165, 1.54) is 0 Å². The van der Waals surface area contributed by atoms with Gasteiger partial charge in [0.15, 0.2) is 0 Å². The van der Waals surface area contributed by atoms with Crippen LogP contribution < -0.4 is 10.1 Å². The first-order chi connectivity index (χ1) is 11.3. The van der Waals surface area contributed by atoms with Gasteiger partial charge in [0.1, 0.15) is 17.4 Å². The molecule has 0 bridgehead atoms. The SMILES string of the molecule is COCc1cc(NCc2ccc(OC)c(Br)c2)nc(C(C)(C)C)n1. The number of methoxy groups -OCH3 is 2. The molecule has 0 aliphatic carbocycles. The lowest BCUT2D eigenvalue weighted by Crippen LogP contribution is -2.18. The predicted octanol–water partition coefficient (Wildman–Crippen LogP) is 4.30. The summed E-state index contributed by atoms with van der Waals surface area (Å²) >= 11 is 3.51. The Morgan fingerprint density at radius 1 is 1.12 bits per heavy atom. The van der Waals surface area contributed by atoms with Gasteiger partial charge in [0, 0.05) is 25.1 Å². The number of rotatable bonds is 6. The van der Waals surface area contributed by atoms with Gasteiger partial charge in [0.2, 0.25) is 0 Å². The third-order valence-corrected chi connectivity index (χ3v) is 4.05. The highest BCUT2D eigenvalue weighted by atomic mass is 79.9. The summed E-state index contributed by atoms with van der Waals surface area (Å²) in [5, 5.41) is 3.37. The standard InChI is InChI=1S/C18H24BrN3O2/c1-18(2,3)17-21-13(11-23-4)9-16(22-17)20-10-12-6-7-15(24-5)14(19)8-12/h6-9H,10-11H2,1-5H3,(H,20,21,22). The maximum absolute atomic E-state index is 5.26. The van der Waals surface area contributed by atoms with E-state index in [9.17, 15) is 0 Å². The topological polar surface area (TPSA) is 56.3 Å². The van der Waals surface area contributed by atoms with Crippen molar-refractivity contribution in [3.63, 3.8) is 0 Å². The van der Waals surface area contributed by atoms with Crippen molar-refractivity contribution in [1.29, 1.82) is 0 Å². The van der Waals surface area contributed by atoms with E-state index in [2.05, 4.69) is 52.0 Å². The fourth-order valence-electron chi connectivity index (χ4n) is 2.16. The van der Waals surface area contributed by atoms with Crippen molar-refractivity contribution in [3.05, 3.63) is 45.8 Å². The zero-order chi connectivity index (χ0) is 17.7. The van der Waals surface area contributed by atoms with Crippen molar-refractivity contribution in [3.8, 4) is 5.75 Å². The Kier molecular flexibility index (Phi) is 6.18. The van der Waals surface area contributed by atoms with Crippen molar-refractivity contribution in [2.24, 2.45) is 0 Å². The molecule has 2 rings (SSSR count). The molecule has 0 aliphatic rings. The zero-order valence-electron chi connectivity index (χ0n) is 14.8. The molecule has 24 heavy (non-hydrogen) atoms. The number of ether oxygens (including phenoxy) is 2. The second-order valence-corrected chi connectivity index (χ2v) is 7.43. The van der Waals surface area contributed by atoms with E-state index < -0.39 is 0 Å². The second-order valence-electron chi connectivity index (χ2n) is 6.57. The summed E-state index contributed by atoms with van der Waals surface area (Å²) in [4.78, 5) is 9.23. The van der Waals surface area contributed by atoms with E-state index in [1.54, 1.807) is 14.2 Å². The minimum atomic E-state index is -0.122. The van der Waals surface area contributed by atoms with E-state index in [0.717, 1.165) is 33.1 Å². The van der Waals surface area contributed by atoms with Crippen LogP contribution >= 0.6 is 15.9 Å². The Morgan fingerprint density at radius 3 is 2.46 bits per heavy atom. The summed E-state index contributed by atoms with van der Waals surface area (Å²) in [5.74, 6) is 2.42. The molecule has 1 aromatic heterocycles. The number of benzene rings is 1. The molecule has 0 saturated heterocycles. The zero-order valence-corrected chi connectivity index (χ0v) is 16.4. The van der Waals surface area contributed by atoms with Crippen molar-refractivity contribution >= 4 is 21.7 Å². The minimum Gasteiger partial charge on any atom is -0.496 e. The summed E-state index contributed by atoms with van der Waals surface area (Å²) in [6, 6.07) is 7.93. The molecular weight excluding hydrogens is 370 g/mol. The lowest BCUT2D eigenvalue weighted by atomic mass is 9.95. The summed E-state index contributed by atoms with van der Waals surface area (Å²) in [6.07, 6.45) is 0. The number of nitrogens with one attached hydrogen (secondary N) is 1. The van der Waals surface area contributed by atoms with Gasteiger partial charge in [0.25, 0.3) is 0 Å². The number of anilines is 1. The monoisotopic (exact) mass is 393 g/mol. The van der Waals surface area contributed by atoms with Gasteiger partial charge in [-0.15, -0.1) is 0 Å². The number of aromatic nitrogens is 2. The average Bonchev–Trinajstić information content (AvgIpc) is 2.52. The Hall–Kier alpha value is -1.66. The molecule has 6 heteroatoms. The second kappa shape index (κ2) is 7.94. The van der Waals surface area contributed by atoms with Crippen LogP contribution in [0.4, 0.5) is 5.82 Å². The molecule has 0 radical (unpaired) electrons. The maximum atomic E-state index is 5.26. The average molecular weight is 394 g/mol. The van der Waals surface area contributed by atoms with Crippen LogP contribution in [0.15, 0.2) is 28.7 Å². The molecule has 0 aliphatic heterocycles. The quantitative estimate of drug-likeness (QED) is 0.792. The summed E-state index contributed by atoms with van der Waals surface area (Å²) in [5.41, 5.74) is 1.88. The molecule has 0 saturated carbocycles. The van der Waals surface area contributed by atoms with Crippen LogP contribution in [-0.2, 0) is 23.3 Å². The van der Waals surface area contributed by atoms with Gasteiger partial charge in [0.05, 0.1) is 23.9 Å². The largest absolute Gasteiger partial charge is 0.496 e. The molecule has 2 aromatic rings. The van der Waals surface area contributed by atoms with E-state index in [-0.39, 0.29) is 5.41 Å². The number of halogens is 1. The molecule has 1 heterocycles. The summed E-state index contributed by atoms with van der Waals surface area (Å²) in [7, 11) is 3.32. The Morgan fingerprint density at radius 2 is 1.88 bits per heavy atom. The number of hydrogen-bond donors (Lipinski definition) is 1. The van der Waals surface area contributed by atoms with Gasteiger partial charge in [-0.3, -0.25) is 0 Å². The molecule has 0 fully saturated rings. The third-order valence-electron chi connectivity index (χ3n) is 3.43. The van der Waals surface area contributed by atoms with Crippen molar-refractivity contribution in [1.82, 2.24) is 9.97 Å². The number of hydrogen-bond acceptors (Lipinski definition) is 5. The van der Waals surface area contributed by atoms with Gasteiger partial charge >= 0.3 is 0 Å². The minimum absolute atomic E-state index is 0.122. The van der Waals surface area contributed by atoms with E-state index in [1.807, 2.05) is 24.3 Å². The van der Waals surface area contributed by atoms with Crippen LogP contribution in [0.5, 0.6) is 5.75 Å². The van der Waals surface area contributed by atoms with Crippen LogP contribution in [0.3, 0.4) is 0 Å². The van der Waals surface area contributed by atoms with E-state index in [4.69, 9.17) is 9.47 Å². The first-order valence-electron chi connectivity index (χ1n) is 7.77. The third kappa shape index (κ3) is 4.92. The van der Waals surface area contributed by atoms with Gasteiger partial charge in [-0.1, -0.05) is 26.8 Å². The Balaban J connectivity index is 2.19. The molecule has 0 spiro atoms. The van der Waals surface area contributed by atoms with Crippen LogP contribution in [0, 0.1) is 0 Å². The van der Waals surface area contributed by atoms with Crippen LogP contribution in [0.25, 0.3) is 0 Å². The van der Waals surface area contributed by atoms with Crippen molar-refractivity contribution < 1.29 is 9.47 Å². The highest BCUT2D eigenvalue weighted by molar-refractivity contribution is 9.10. The number of nitrogens with zero attached hydrogens (tertiary/aromatic N) is 2. The molecule has 0 atom stereocenters. The predicted molar refractivity (Wildman–Crippen MR) is 99.5 cm³/mol. The summed E-state index contributed by atoms with van der Waals surface area (Å²) in [6.45, 7) is 7.43. The van der Waals surface area contributed by atoms with Gasteiger partial charge < -0.3 is 14.8 Å². The van der Waals surface area contributed by atoms with Crippen molar-refractivity contribution in [2.45, 2.75) is 39.3 Å². The lowest BCUT2D eigenvalue weighted by molar-refractivity contribution is 0.181. The molecular formula is C18H24BrN3O2. The van der Waals surface area contributed by atoms with Gasteiger partial charge in [-0.25, -0.2) is 9.97 Å². The van der Waals surface area contributed by atoms with E-state index >= 15 is 0 Å². The molecule has 0 amide bonds. The highest BCUT2D eigenvalue weighted by Crippen LogP contribution is 2.26. The smallest absolute Gasteiger partial charge is 0.136 e. The van der Waals surface area contributed by atoms with Crippen LogP contribution in [-0.4, -0.2) is 24.2 Å². The van der Waals surface area contributed by atoms with Crippen molar-refractivity contribution in [2.75, 3.05) is 19.5 Å².